The molecule has 3 N–H and O–H groups in total. The SMILES string of the molecule is C=CCC(C)(N)C(=O)O.[H-].[Na+]. The fourth-order valence-electron chi connectivity index (χ4n) is 0.387. The summed E-state index contributed by atoms with van der Waals surface area (Å²) in [4.78, 5) is 10.2. The largest absolute Gasteiger partial charge is 1.00 e. The molecule has 1 atom stereocenters. The molecule has 1 unspecified atom stereocenters. The molecule has 0 saturated carbocycles. The minimum absolute atomic E-state index is 0. The van der Waals surface area contributed by atoms with E-state index in [1.54, 1.807) is 0 Å². The summed E-state index contributed by atoms with van der Waals surface area (Å²) in [6.45, 7) is 4.84. The third-order valence-corrected chi connectivity index (χ3v) is 1.06. The summed E-state index contributed by atoms with van der Waals surface area (Å²) in [5, 5.41) is 8.40. The third-order valence-electron chi connectivity index (χ3n) is 1.06. The van der Waals surface area contributed by atoms with E-state index in [1.165, 1.54) is 13.0 Å². The van der Waals surface area contributed by atoms with Gasteiger partial charge in [0.25, 0.3) is 0 Å². The second-order valence-electron chi connectivity index (χ2n) is 2.22. The van der Waals surface area contributed by atoms with Gasteiger partial charge in [0.1, 0.15) is 5.54 Å². The zero-order chi connectivity index (χ0) is 7.49. The quantitative estimate of drug-likeness (QED) is 0.347. The van der Waals surface area contributed by atoms with Crippen LogP contribution < -0.4 is 35.3 Å². The van der Waals surface area contributed by atoms with Gasteiger partial charge in [-0.3, -0.25) is 4.79 Å². The molecule has 0 rings (SSSR count). The Morgan fingerprint density at radius 3 is 2.50 bits per heavy atom. The number of hydrogen-bond donors (Lipinski definition) is 2. The van der Waals surface area contributed by atoms with Gasteiger partial charge in [0.15, 0.2) is 0 Å². The second-order valence-corrected chi connectivity index (χ2v) is 2.22. The van der Waals surface area contributed by atoms with Gasteiger partial charge >= 0.3 is 35.5 Å². The van der Waals surface area contributed by atoms with Crippen LogP contribution in [0.4, 0.5) is 0 Å². The number of aliphatic carboxylic acids is 1. The number of carboxylic acids is 1. The zero-order valence-electron chi connectivity index (χ0n) is 7.42. The minimum atomic E-state index is -1.15. The maximum atomic E-state index is 10.2. The van der Waals surface area contributed by atoms with Gasteiger partial charge in [-0.1, -0.05) is 6.08 Å². The van der Waals surface area contributed by atoms with Crippen molar-refractivity contribution in [1.29, 1.82) is 0 Å². The van der Waals surface area contributed by atoms with Crippen LogP contribution >= 0.6 is 0 Å². The van der Waals surface area contributed by atoms with Crippen molar-refractivity contribution in [3.63, 3.8) is 0 Å². The maximum absolute atomic E-state index is 10.2. The maximum Gasteiger partial charge on any atom is 1.00 e. The van der Waals surface area contributed by atoms with Crippen LogP contribution in [-0.4, -0.2) is 16.6 Å². The zero-order valence-corrected chi connectivity index (χ0v) is 8.42. The molecule has 0 aromatic rings. The molecule has 0 radical (unpaired) electrons. The first-order valence-corrected chi connectivity index (χ1v) is 2.64. The Kier molecular flexibility index (Phi) is 6.29. The van der Waals surface area contributed by atoms with Crippen molar-refractivity contribution >= 4 is 5.97 Å². The molecule has 4 heteroatoms. The molecule has 10 heavy (non-hydrogen) atoms. The van der Waals surface area contributed by atoms with E-state index in [4.69, 9.17) is 10.8 Å². The molecular formula is C6H12NNaO2. The van der Waals surface area contributed by atoms with Gasteiger partial charge < -0.3 is 12.3 Å². The predicted molar refractivity (Wildman–Crippen MR) is 36.2 cm³/mol. The smallest absolute Gasteiger partial charge is 1.00 e. The van der Waals surface area contributed by atoms with Crippen molar-refractivity contribution in [3.8, 4) is 0 Å². The van der Waals surface area contributed by atoms with Crippen molar-refractivity contribution in [2.45, 2.75) is 18.9 Å². The van der Waals surface area contributed by atoms with E-state index in [1.807, 2.05) is 0 Å². The van der Waals surface area contributed by atoms with Gasteiger partial charge in [-0.25, -0.2) is 0 Å². The summed E-state index contributed by atoms with van der Waals surface area (Å²) in [6, 6.07) is 0. The van der Waals surface area contributed by atoms with Crippen LogP contribution in [0.25, 0.3) is 0 Å². The Labute approximate surface area is 84.1 Å². The first-order valence-electron chi connectivity index (χ1n) is 2.64. The summed E-state index contributed by atoms with van der Waals surface area (Å²) in [5.41, 5.74) is 4.15. The average molecular weight is 153 g/mol. The Hall–Kier alpha value is 0.170. The van der Waals surface area contributed by atoms with Crippen molar-refractivity contribution in [2.24, 2.45) is 5.73 Å². The monoisotopic (exact) mass is 153 g/mol. The number of carboxylic acid groups (broad SMARTS) is 1. The molecule has 0 aromatic heterocycles. The molecule has 0 bridgehead atoms. The first-order chi connectivity index (χ1) is 4.00. The summed E-state index contributed by atoms with van der Waals surface area (Å²) >= 11 is 0. The van der Waals surface area contributed by atoms with Gasteiger partial charge in [-0.2, -0.15) is 0 Å². The van der Waals surface area contributed by atoms with E-state index in [-0.39, 0.29) is 31.0 Å². The molecule has 0 spiro atoms. The molecule has 0 aromatic carbocycles. The molecule has 0 saturated heterocycles. The van der Waals surface area contributed by atoms with Crippen LogP contribution in [0.5, 0.6) is 0 Å². The van der Waals surface area contributed by atoms with Crippen LogP contribution in [0.3, 0.4) is 0 Å². The number of nitrogens with two attached hydrogens (primary N) is 1. The number of rotatable bonds is 3. The summed E-state index contributed by atoms with van der Waals surface area (Å²) in [7, 11) is 0. The second kappa shape index (κ2) is 4.91. The fourth-order valence-corrected chi connectivity index (χ4v) is 0.387. The van der Waals surface area contributed by atoms with Crippen molar-refractivity contribution < 1.29 is 40.9 Å². The molecule has 0 amide bonds. The van der Waals surface area contributed by atoms with Crippen LogP contribution in [0.2, 0.25) is 0 Å². The minimum Gasteiger partial charge on any atom is -1.00 e. The van der Waals surface area contributed by atoms with Gasteiger partial charge in [0.05, 0.1) is 0 Å². The Balaban J connectivity index is -0.000000320. The van der Waals surface area contributed by atoms with E-state index in [0.29, 0.717) is 6.42 Å². The van der Waals surface area contributed by atoms with Gasteiger partial charge in [0, 0.05) is 0 Å². The van der Waals surface area contributed by atoms with Gasteiger partial charge in [0.2, 0.25) is 0 Å². The molecule has 0 aliphatic heterocycles. The standard InChI is InChI=1S/C6H11NO2.Na.H/c1-3-4-6(2,7)5(8)9;;/h3H,1,4,7H2,2H3,(H,8,9);;/q;+1;-1. The van der Waals surface area contributed by atoms with Crippen LogP contribution in [0, 0.1) is 0 Å². The van der Waals surface area contributed by atoms with E-state index >= 15 is 0 Å². The summed E-state index contributed by atoms with van der Waals surface area (Å²) in [5.74, 6) is -0.998. The molecule has 3 nitrogen and oxygen atoms in total. The van der Waals surface area contributed by atoms with Crippen molar-refractivity contribution in [1.82, 2.24) is 0 Å². The van der Waals surface area contributed by atoms with Crippen LogP contribution in [0.15, 0.2) is 12.7 Å². The van der Waals surface area contributed by atoms with E-state index in [0.717, 1.165) is 0 Å². The molecule has 0 aliphatic rings. The Morgan fingerprint density at radius 1 is 2.00 bits per heavy atom. The van der Waals surface area contributed by atoms with E-state index in [9.17, 15) is 4.79 Å². The topological polar surface area (TPSA) is 63.3 Å². The van der Waals surface area contributed by atoms with Crippen molar-refractivity contribution in [3.05, 3.63) is 12.7 Å². The number of hydrogen-bond acceptors (Lipinski definition) is 2. The normalized spacial score (nSPS) is 14.6. The molecule has 54 valence electrons. The van der Waals surface area contributed by atoms with E-state index < -0.39 is 11.5 Å². The summed E-state index contributed by atoms with van der Waals surface area (Å²) in [6.07, 6.45) is 1.79. The van der Waals surface area contributed by atoms with Gasteiger partial charge in [-0.05, 0) is 13.3 Å². The Morgan fingerprint density at radius 2 is 2.40 bits per heavy atom. The van der Waals surface area contributed by atoms with Crippen LogP contribution in [-0.2, 0) is 4.79 Å². The predicted octanol–water partition coefficient (Wildman–Crippen LogP) is -2.52. The van der Waals surface area contributed by atoms with E-state index in [2.05, 4.69) is 6.58 Å². The molecule has 0 heterocycles. The molecular weight excluding hydrogens is 141 g/mol. The third kappa shape index (κ3) is 4.06. The molecule has 0 fully saturated rings. The van der Waals surface area contributed by atoms with Gasteiger partial charge in [-0.15, -0.1) is 6.58 Å². The number of carbonyl (C=O) groups is 1. The Bertz CT molecular complexity index is 139. The van der Waals surface area contributed by atoms with Crippen molar-refractivity contribution in [2.75, 3.05) is 0 Å². The van der Waals surface area contributed by atoms with Crippen LogP contribution in [0.1, 0.15) is 14.8 Å². The fraction of sp³-hybridized carbons (Fsp3) is 0.500. The summed E-state index contributed by atoms with van der Waals surface area (Å²) < 4.78 is 0. The molecule has 0 aliphatic carbocycles. The average Bonchev–Trinajstić information content (AvgIpc) is 1.65. The first kappa shape index (κ1) is 12.8.